The van der Waals surface area contributed by atoms with E-state index in [0.29, 0.717) is 38.0 Å². The van der Waals surface area contributed by atoms with Crippen molar-refractivity contribution < 1.29 is 14.0 Å². The number of nitrogens with zero attached hydrogens (tertiary/aromatic N) is 1. The van der Waals surface area contributed by atoms with Crippen molar-refractivity contribution in [2.45, 2.75) is 51.6 Å². The second-order valence-corrected chi connectivity index (χ2v) is 7.67. The van der Waals surface area contributed by atoms with Gasteiger partial charge in [-0.1, -0.05) is 12.1 Å². The predicted molar refractivity (Wildman–Crippen MR) is 105 cm³/mol. The molecule has 1 aliphatic heterocycles. The molecule has 27 heavy (non-hydrogen) atoms. The van der Waals surface area contributed by atoms with Gasteiger partial charge in [0.25, 0.3) is 0 Å². The summed E-state index contributed by atoms with van der Waals surface area (Å²) >= 11 is 0. The number of nitrogens with one attached hydrogen (secondary N) is 1. The lowest BCUT2D eigenvalue weighted by Gasteiger charge is -2.33. The van der Waals surface area contributed by atoms with E-state index in [1.165, 1.54) is 6.07 Å². The highest BCUT2D eigenvalue weighted by Crippen LogP contribution is 2.28. The lowest BCUT2D eigenvalue weighted by molar-refractivity contribution is -0.139. The van der Waals surface area contributed by atoms with E-state index in [4.69, 9.17) is 5.73 Å². The Bertz CT molecular complexity index is 677. The lowest BCUT2D eigenvalue weighted by Crippen LogP contribution is -2.44. The maximum absolute atomic E-state index is 13.6. The summed E-state index contributed by atoms with van der Waals surface area (Å²) in [4.78, 5) is 26.8. The number of hydrogen-bond donors (Lipinski definition) is 2. The highest BCUT2D eigenvalue weighted by atomic mass is 35.5. The van der Waals surface area contributed by atoms with E-state index in [9.17, 15) is 14.0 Å². The van der Waals surface area contributed by atoms with E-state index in [1.54, 1.807) is 13.0 Å². The second-order valence-electron chi connectivity index (χ2n) is 7.67. The van der Waals surface area contributed by atoms with Crippen LogP contribution < -0.4 is 11.1 Å². The third-order valence-corrected chi connectivity index (χ3v) is 5.70. The third-order valence-electron chi connectivity index (χ3n) is 5.70. The van der Waals surface area contributed by atoms with Gasteiger partial charge in [-0.15, -0.1) is 12.4 Å². The minimum absolute atomic E-state index is 0. The minimum atomic E-state index is -0.254. The maximum Gasteiger partial charge on any atom is 0.225 e. The molecule has 2 fully saturated rings. The van der Waals surface area contributed by atoms with Crippen LogP contribution in [0.15, 0.2) is 18.2 Å². The summed E-state index contributed by atoms with van der Waals surface area (Å²) in [5.74, 6) is -0.0879. The van der Waals surface area contributed by atoms with Crippen LogP contribution in [0.4, 0.5) is 4.39 Å². The fraction of sp³-hybridized carbons (Fsp3) is 0.600. The molecule has 2 aliphatic rings. The number of nitrogens with two attached hydrogens (primary N) is 1. The average Bonchev–Trinajstić information content (AvgIpc) is 3.08. The summed E-state index contributed by atoms with van der Waals surface area (Å²) in [6.45, 7) is 3.30. The van der Waals surface area contributed by atoms with Crippen LogP contribution in [0.5, 0.6) is 0 Å². The number of benzene rings is 1. The quantitative estimate of drug-likeness (QED) is 0.819. The number of rotatable bonds is 4. The largest absolute Gasteiger partial charge is 0.352 e. The molecule has 1 saturated carbocycles. The van der Waals surface area contributed by atoms with E-state index in [2.05, 4.69) is 5.32 Å². The normalized spacial score (nSPS) is 23.0. The first-order valence-electron chi connectivity index (χ1n) is 9.51. The van der Waals surface area contributed by atoms with Gasteiger partial charge >= 0.3 is 0 Å². The smallest absolute Gasteiger partial charge is 0.225 e. The number of carbonyl (C=O) groups is 2. The molecule has 1 heterocycles. The Morgan fingerprint density at radius 3 is 2.48 bits per heavy atom. The van der Waals surface area contributed by atoms with Crippen molar-refractivity contribution in [1.82, 2.24) is 10.2 Å². The molecule has 0 radical (unpaired) electrons. The van der Waals surface area contributed by atoms with Gasteiger partial charge in [0.1, 0.15) is 5.82 Å². The van der Waals surface area contributed by atoms with E-state index < -0.39 is 0 Å². The molecule has 0 bridgehead atoms. The number of hydrogen-bond acceptors (Lipinski definition) is 3. The molecule has 1 aromatic carbocycles. The Labute approximate surface area is 166 Å². The van der Waals surface area contributed by atoms with Crippen molar-refractivity contribution in [2.75, 3.05) is 13.1 Å². The van der Waals surface area contributed by atoms with E-state index in [-0.39, 0.29) is 47.9 Å². The molecule has 7 heteroatoms. The highest BCUT2D eigenvalue weighted by molar-refractivity contribution is 5.85. The average molecular weight is 398 g/mol. The fourth-order valence-corrected chi connectivity index (χ4v) is 3.94. The van der Waals surface area contributed by atoms with Gasteiger partial charge in [0.2, 0.25) is 11.8 Å². The van der Waals surface area contributed by atoms with Crippen molar-refractivity contribution in [1.29, 1.82) is 0 Å². The van der Waals surface area contributed by atoms with Gasteiger partial charge < -0.3 is 16.0 Å². The van der Waals surface area contributed by atoms with Crippen LogP contribution in [0.2, 0.25) is 0 Å². The standard InChI is InChI=1S/C20H28FN3O2.ClH/c1-13-2-3-14(10-18(13)21)12-23-19(25)15-6-8-24(9-7-15)20(26)16-4-5-17(22)11-16;/h2-3,10,15-17H,4-9,11-12,22H2,1H3,(H,23,25);1H. The zero-order valence-electron chi connectivity index (χ0n) is 15.7. The summed E-state index contributed by atoms with van der Waals surface area (Å²) in [6, 6.07) is 5.16. The van der Waals surface area contributed by atoms with Crippen LogP contribution in [0.1, 0.15) is 43.2 Å². The molecule has 150 valence electrons. The predicted octanol–water partition coefficient (Wildman–Crippen LogP) is 2.54. The maximum atomic E-state index is 13.6. The second kappa shape index (κ2) is 9.51. The van der Waals surface area contributed by atoms with Crippen molar-refractivity contribution in [3.05, 3.63) is 35.1 Å². The van der Waals surface area contributed by atoms with Gasteiger partial charge in [-0.05, 0) is 56.2 Å². The fourth-order valence-electron chi connectivity index (χ4n) is 3.94. The van der Waals surface area contributed by atoms with Crippen molar-refractivity contribution in [2.24, 2.45) is 17.6 Å². The Morgan fingerprint density at radius 2 is 1.89 bits per heavy atom. The Hall–Kier alpha value is -1.66. The lowest BCUT2D eigenvalue weighted by atomic mass is 9.94. The first kappa shape index (κ1) is 21.6. The van der Waals surface area contributed by atoms with Gasteiger partial charge in [-0.3, -0.25) is 9.59 Å². The number of carbonyl (C=O) groups excluding carboxylic acids is 2. The van der Waals surface area contributed by atoms with E-state index in [1.807, 2.05) is 11.0 Å². The van der Waals surface area contributed by atoms with Gasteiger partial charge in [-0.25, -0.2) is 4.39 Å². The number of piperidine rings is 1. The molecule has 0 spiro atoms. The molecule has 3 N–H and O–H groups in total. The molecule has 3 rings (SSSR count). The van der Waals surface area contributed by atoms with Crippen LogP contribution in [-0.4, -0.2) is 35.8 Å². The number of halogens is 2. The van der Waals surface area contributed by atoms with Crippen molar-refractivity contribution >= 4 is 24.2 Å². The summed E-state index contributed by atoms with van der Waals surface area (Å²) < 4.78 is 13.6. The van der Waals surface area contributed by atoms with Crippen LogP contribution in [0, 0.1) is 24.6 Å². The molecule has 2 unspecified atom stereocenters. The van der Waals surface area contributed by atoms with Gasteiger partial charge in [0.15, 0.2) is 0 Å². The zero-order chi connectivity index (χ0) is 18.7. The van der Waals surface area contributed by atoms with Crippen molar-refractivity contribution in [3.63, 3.8) is 0 Å². The number of aryl methyl sites for hydroxylation is 1. The summed E-state index contributed by atoms with van der Waals surface area (Å²) in [6.07, 6.45) is 3.95. The molecule has 2 amide bonds. The summed E-state index contributed by atoms with van der Waals surface area (Å²) in [7, 11) is 0. The molecule has 1 saturated heterocycles. The number of amides is 2. The Balaban J connectivity index is 0.00000261. The molecular weight excluding hydrogens is 369 g/mol. The molecule has 1 aliphatic carbocycles. The van der Waals surface area contributed by atoms with Crippen LogP contribution in [0.3, 0.4) is 0 Å². The monoisotopic (exact) mass is 397 g/mol. The van der Waals surface area contributed by atoms with E-state index >= 15 is 0 Å². The molecule has 1 aromatic rings. The Kier molecular flexibility index (Phi) is 7.62. The Morgan fingerprint density at radius 1 is 1.19 bits per heavy atom. The number of likely N-dealkylation sites (tertiary alicyclic amines) is 1. The topological polar surface area (TPSA) is 75.4 Å². The summed E-state index contributed by atoms with van der Waals surface area (Å²) in [5, 5.41) is 2.89. The zero-order valence-corrected chi connectivity index (χ0v) is 16.6. The minimum Gasteiger partial charge on any atom is -0.352 e. The van der Waals surface area contributed by atoms with Gasteiger partial charge in [0, 0.05) is 37.5 Å². The van der Waals surface area contributed by atoms with Crippen LogP contribution in [-0.2, 0) is 16.1 Å². The first-order valence-corrected chi connectivity index (χ1v) is 9.51. The summed E-state index contributed by atoms with van der Waals surface area (Å²) in [5.41, 5.74) is 7.26. The van der Waals surface area contributed by atoms with Crippen LogP contribution >= 0.6 is 12.4 Å². The van der Waals surface area contributed by atoms with Crippen LogP contribution in [0.25, 0.3) is 0 Å². The third kappa shape index (κ3) is 5.42. The van der Waals surface area contributed by atoms with Gasteiger partial charge in [0.05, 0.1) is 0 Å². The molecule has 0 aromatic heterocycles. The SMILES string of the molecule is Cc1ccc(CNC(=O)C2CCN(C(=O)C3CCC(N)C3)CC2)cc1F.Cl. The van der Waals surface area contributed by atoms with E-state index in [0.717, 1.165) is 24.8 Å². The first-order chi connectivity index (χ1) is 12.4. The van der Waals surface area contributed by atoms with Gasteiger partial charge in [-0.2, -0.15) is 0 Å². The molecule has 2 atom stereocenters. The molecule has 5 nitrogen and oxygen atoms in total. The highest BCUT2D eigenvalue weighted by Gasteiger charge is 2.34. The van der Waals surface area contributed by atoms with Crippen molar-refractivity contribution in [3.8, 4) is 0 Å². The molecular formula is C20H29ClFN3O2.